The van der Waals surface area contributed by atoms with Crippen molar-refractivity contribution in [3.05, 3.63) is 23.9 Å². The molecule has 2 aromatic heterocycles. The summed E-state index contributed by atoms with van der Waals surface area (Å²) in [5, 5.41) is 7.35. The minimum absolute atomic E-state index is 0.00916. The summed E-state index contributed by atoms with van der Waals surface area (Å²) in [4.78, 5) is 30.3. The number of aromatic nitrogens is 3. The molecule has 0 aromatic carbocycles. The van der Waals surface area contributed by atoms with Crippen molar-refractivity contribution in [2.24, 2.45) is 17.3 Å². The van der Waals surface area contributed by atoms with Gasteiger partial charge < -0.3 is 4.90 Å². The number of likely N-dealkylation sites (tertiary alicyclic amines) is 1. The van der Waals surface area contributed by atoms with Crippen LogP contribution in [0.4, 0.5) is 14.7 Å². The van der Waals surface area contributed by atoms with E-state index in [2.05, 4.69) is 21.5 Å². The molecule has 1 spiro atoms. The molecule has 31 heavy (non-hydrogen) atoms. The van der Waals surface area contributed by atoms with Gasteiger partial charge in [-0.1, -0.05) is 6.07 Å². The van der Waals surface area contributed by atoms with Crippen molar-refractivity contribution >= 4 is 23.4 Å². The van der Waals surface area contributed by atoms with Crippen LogP contribution in [0.1, 0.15) is 56.6 Å². The molecule has 164 valence electrons. The van der Waals surface area contributed by atoms with Gasteiger partial charge in [0.1, 0.15) is 5.92 Å². The standard InChI is InChI=1S/C22H25F2N5O2/c23-22(24)10-15(22)19(31)28-11-21(12-28)8-6-13(7-9-21)16-2-1-3-17-25-20(27-29(16)17)26-18(30)14-4-5-14/h1-3,13-15H,4-12H2,(H,26,27,30)/t15-/m0/s1. The first kappa shape index (κ1) is 19.1. The van der Waals surface area contributed by atoms with Gasteiger partial charge in [0.15, 0.2) is 5.65 Å². The monoisotopic (exact) mass is 429 g/mol. The number of nitrogens with zero attached hydrogens (tertiary/aromatic N) is 4. The average Bonchev–Trinajstić information content (AvgIpc) is 3.62. The lowest BCUT2D eigenvalue weighted by atomic mass is 9.65. The van der Waals surface area contributed by atoms with E-state index in [1.165, 1.54) is 0 Å². The fraction of sp³-hybridized carbons (Fsp3) is 0.636. The van der Waals surface area contributed by atoms with Gasteiger partial charge in [-0.15, -0.1) is 5.10 Å². The van der Waals surface area contributed by atoms with E-state index >= 15 is 0 Å². The van der Waals surface area contributed by atoms with Crippen molar-refractivity contribution in [3.8, 4) is 0 Å². The highest BCUT2D eigenvalue weighted by atomic mass is 19.3. The molecule has 3 heterocycles. The number of amides is 2. The third-order valence-electron chi connectivity index (χ3n) is 7.52. The molecular weight excluding hydrogens is 404 g/mol. The molecule has 4 fully saturated rings. The molecular formula is C22H25F2N5O2. The number of pyridine rings is 1. The molecule has 7 nitrogen and oxygen atoms in total. The number of carbonyl (C=O) groups excluding carboxylic acids is 2. The molecule has 0 unspecified atom stereocenters. The summed E-state index contributed by atoms with van der Waals surface area (Å²) in [5.74, 6) is -3.48. The second kappa shape index (κ2) is 6.46. The highest BCUT2D eigenvalue weighted by Crippen LogP contribution is 2.53. The van der Waals surface area contributed by atoms with E-state index in [-0.39, 0.29) is 29.6 Å². The highest BCUT2D eigenvalue weighted by Gasteiger charge is 2.64. The summed E-state index contributed by atoms with van der Waals surface area (Å²) in [6, 6.07) is 5.91. The molecule has 2 aromatic rings. The van der Waals surface area contributed by atoms with Crippen LogP contribution in [0.3, 0.4) is 0 Å². The number of hydrogen-bond donors (Lipinski definition) is 1. The van der Waals surface area contributed by atoms with E-state index in [9.17, 15) is 18.4 Å². The van der Waals surface area contributed by atoms with Crippen molar-refractivity contribution in [1.82, 2.24) is 19.5 Å². The van der Waals surface area contributed by atoms with Crippen molar-refractivity contribution in [2.75, 3.05) is 18.4 Å². The molecule has 1 saturated heterocycles. The maximum atomic E-state index is 13.2. The number of halogens is 2. The molecule has 3 aliphatic carbocycles. The predicted octanol–water partition coefficient (Wildman–Crippen LogP) is 3.22. The first-order valence-corrected chi connectivity index (χ1v) is 11.2. The molecule has 0 radical (unpaired) electrons. The van der Waals surface area contributed by atoms with Gasteiger partial charge in [0.05, 0.1) is 0 Å². The van der Waals surface area contributed by atoms with Gasteiger partial charge >= 0.3 is 0 Å². The van der Waals surface area contributed by atoms with Crippen LogP contribution < -0.4 is 5.32 Å². The number of alkyl halides is 2. The predicted molar refractivity (Wildman–Crippen MR) is 108 cm³/mol. The SMILES string of the molecule is O=C(Nc1nc2cccc(C3CCC4(CC3)CN(C(=O)[C@@H]3CC3(F)F)C4)n2n1)C1CC1. The minimum atomic E-state index is -2.79. The lowest BCUT2D eigenvalue weighted by Crippen LogP contribution is -2.60. The molecule has 6 rings (SSSR count). The zero-order valence-corrected chi connectivity index (χ0v) is 17.2. The Morgan fingerprint density at radius 1 is 1.10 bits per heavy atom. The van der Waals surface area contributed by atoms with E-state index in [0.29, 0.717) is 25.0 Å². The van der Waals surface area contributed by atoms with Crippen molar-refractivity contribution in [1.29, 1.82) is 0 Å². The number of anilines is 1. The van der Waals surface area contributed by atoms with Crippen molar-refractivity contribution in [3.63, 3.8) is 0 Å². The lowest BCUT2D eigenvalue weighted by Gasteiger charge is -2.53. The Hall–Kier alpha value is -2.58. The molecule has 1 N–H and O–H groups in total. The minimum Gasteiger partial charge on any atom is -0.341 e. The van der Waals surface area contributed by atoms with Gasteiger partial charge in [0, 0.05) is 42.5 Å². The Morgan fingerprint density at radius 2 is 1.81 bits per heavy atom. The largest absolute Gasteiger partial charge is 0.341 e. The highest BCUT2D eigenvalue weighted by molar-refractivity contribution is 5.92. The van der Waals surface area contributed by atoms with Crippen LogP contribution in [0, 0.1) is 17.3 Å². The van der Waals surface area contributed by atoms with Crippen molar-refractivity contribution in [2.45, 2.75) is 56.8 Å². The summed E-state index contributed by atoms with van der Waals surface area (Å²) >= 11 is 0. The van der Waals surface area contributed by atoms with Crippen LogP contribution in [0.25, 0.3) is 5.65 Å². The van der Waals surface area contributed by atoms with Crippen LogP contribution in [-0.2, 0) is 9.59 Å². The average molecular weight is 429 g/mol. The lowest BCUT2D eigenvalue weighted by molar-refractivity contribution is -0.149. The zero-order valence-electron chi connectivity index (χ0n) is 17.2. The maximum Gasteiger partial charge on any atom is 0.260 e. The third-order valence-corrected chi connectivity index (χ3v) is 7.52. The van der Waals surface area contributed by atoms with Gasteiger partial charge in [-0.25, -0.2) is 13.3 Å². The van der Waals surface area contributed by atoms with Crippen molar-refractivity contribution < 1.29 is 18.4 Å². The number of carbonyl (C=O) groups is 2. The number of rotatable bonds is 4. The molecule has 0 bridgehead atoms. The van der Waals surface area contributed by atoms with Crippen LogP contribution in [-0.4, -0.2) is 50.3 Å². The Balaban J connectivity index is 1.11. The molecule has 1 atom stereocenters. The topological polar surface area (TPSA) is 79.6 Å². The van der Waals surface area contributed by atoms with Gasteiger partial charge in [-0.2, -0.15) is 4.98 Å². The Morgan fingerprint density at radius 3 is 2.45 bits per heavy atom. The molecule has 2 amide bonds. The van der Waals surface area contributed by atoms with Crippen LogP contribution in [0.5, 0.6) is 0 Å². The second-order valence-electron chi connectivity index (χ2n) is 9.91. The van der Waals surface area contributed by atoms with Gasteiger partial charge in [-0.05, 0) is 50.7 Å². The van der Waals surface area contributed by atoms with Crippen LogP contribution >= 0.6 is 0 Å². The maximum absolute atomic E-state index is 13.2. The summed E-state index contributed by atoms with van der Waals surface area (Å²) in [5.41, 5.74) is 1.88. The van der Waals surface area contributed by atoms with E-state index in [0.717, 1.165) is 49.9 Å². The fourth-order valence-electron chi connectivity index (χ4n) is 5.31. The Labute approximate surface area is 178 Å². The summed E-state index contributed by atoms with van der Waals surface area (Å²) in [6.45, 7) is 1.21. The normalized spacial score (nSPS) is 26.6. The van der Waals surface area contributed by atoms with Gasteiger partial charge in [0.2, 0.25) is 17.8 Å². The van der Waals surface area contributed by atoms with E-state index in [4.69, 9.17) is 0 Å². The van der Waals surface area contributed by atoms with Gasteiger partial charge in [0.25, 0.3) is 5.92 Å². The van der Waals surface area contributed by atoms with E-state index in [1.807, 2.05) is 16.6 Å². The van der Waals surface area contributed by atoms with E-state index in [1.54, 1.807) is 4.90 Å². The van der Waals surface area contributed by atoms with Crippen LogP contribution in [0.15, 0.2) is 18.2 Å². The Kier molecular flexibility index (Phi) is 3.99. The molecule has 1 aliphatic heterocycles. The summed E-state index contributed by atoms with van der Waals surface area (Å²) in [7, 11) is 0. The molecule has 9 heteroatoms. The first-order chi connectivity index (χ1) is 14.8. The summed E-state index contributed by atoms with van der Waals surface area (Å²) in [6.07, 6.45) is 5.44. The van der Waals surface area contributed by atoms with Crippen LogP contribution in [0.2, 0.25) is 0 Å². The quantitative estimate of drug-likeness (QED) is 0.810. The number of fused-ring (bicyclic) bond motifs is 1. The van der Waals surface area contributed by atoms with Gasteiger partial charge in [-0.3, -0.25) is 14.9 Å². The number of nitrogens with one attached hydrogen (secondary N) is 1. The van der Waals surface area contributed by atoms with E-state index < -0.39 is 11.8 Å². The molecule has 3 saturated carbocycles. The fourth-order valence-corrected chi connectivity index (χ4v) is 5.31. The molecule has 4 aliphatic rings. The smallest absolute Gasteiger partial charge is 0.260 e. The number of hydrogen-bond acceptors (Lipinski definition) is 4. The second-order valence-corrected chi connectivity index (χ2v) is 9.91. The third kappa shape index (κ3) is 3.29. The summed E-state index contributed by atoms with van der Waals surface area (Å²) < 4.78 is 28.2. The zero-order chi connectivity index (χ0) is 21.4. The first-order valence-electron chi connectivity index (χ1n) is 11.2. The Bertz CT molecular complexity index is 1060.